The molecule has 1 unspecified atom stereocenters. The molecule has 0 saturated carbocycles. The molecule has 3 nitrogen and oxygen atoms in total. The normalized spacial score (nSPS) is 13.5. The van der Waals surface area contributed by atoms with Crippen LogP contribution >= 0.6 is 11.6 Å². The van der Waals surface area contributed by atoms with Crippen LogP contribution in [0.1, 0.15) is 22.8 Å². The fourth-order valence-electron chi connectivity index (χ4n) is 1.87. The zero-order chi connectivity index (χ0) is 15.5. The molecule has 110 valence electrons. The van der Waals surface area contributed by atoms with Gasteiger partial charge in [0, 0.05) is 10.6 Å². The van der Waals surface area contributed by atoms with Crippen molar-refractivity contribution in [3.8, 4) is 0 Å². The molecule has 2 aromatic rings. The van der Waals surface area contributed by atoms with Crippen LogP contribution in [0.5, 0.6) is 0 Å². The van der Waals surface area contributed by atoms with E-state index in [0.717, 1.165) is 0 Å². The third kappa shape index (κ3) is 4.03. The molecule has 2 rings (SSSR count). The van der Waals surface area contributed by atoms with E-state index in [4.69, 9.17) is 11.6 Å². The number of halogens is 2. The summed E-state index contributed by atoms with van der Waals surface area (Å²) in [6.45, 7) is 1.57. The van der Waals surface area contributed by atoms with Crippen LogP contribution in [0.4, 0.5) is 4.39 Å². The van der Waals surface area contributed by atoms with Gasteiger partial charge in [0.25, 0.3) is 5.91 Å². The molecule has 0 aliphatic heterocycles. The Morgan fingerprint density at radius 3 is 2.33 bits per heavy atom. The van der Waals surface area contributed by atoms with E-state index in [1.165, 1.54) is 24.3 Å². The molecular formula is C16H15ClFNO2. The average Bonchev–Trinajstić information content (AvgIpc) is 2.46. The van der Waals surface area contributed by atoms with Crippen molar-refractivity contribution < 1.29 is 14.3 Å². The predicted octanol–water partition coefficient (Wildman–Crippen LogP) is 3.12. The van der Waals surface area contributed by atoms with E-state index < -0.39 is 5.60 Å². The van der Waals surface area contributed by atoms with Crippen molar-refractivity contribution in [3.05, 3.63) is 70.5 Å². The van der Waals surface area contributed by atoms with Crippen LogP contribution in [0.15, 0.2) is 48.5 Å². The highest BCUT2D eigenvalue weighted by Crippen LogP contribution is 2.20. The molecule has 0 aliphatic rings. The molecule has 5 heteroatoms. The van der Waals surface area contributed by atoms with E-state index >= 15 is 0 Å². The molecular weight excluding hydrogens is 293 g/mol. The van der Waals surface area contributed by atoms with E-state index in [9.17, 15) is 14.3 Å². The summed E-state index contributed by atoms with van der Waals surface area (Å²) in [7, 11) is 0. The van der Waals surface area contributed by atoms with Crippen molar-refractivity contribution in [2.45, 2.75) is 12.5 Å². The summed E-state index contributed by atoms with van der Waals surface area (Å²) < 4.78 is 12.9. The number of hydrogen-bond donors (Lipinski definition) is 2. The molecule has 0 bridgehead atoms. The highest BCUT2D eigenvalue weighted by Gasteiger charge is 2.24. The van der Waals surface area contributed by atoms with Crippen LogP contribution in [0.3, 0.4) is 0 Å². The summed E-state index contributed by atoms with van der Waals surface area (Å²) >= 11 is 5.76. The quantitative estimate of drug-likeness (QED) is 0.912. The molecule has 1 amide bonds. The number of hydrogen-bond acceptors (Lipinski definition) is 2. The summed E-state index contributed by atoms with van der Waals surface area (Å²) in [5.74, 6) is -0.686. The van der Waals surface area contributed by atoms with E-state index in [0.29, 0.717) is 16.1 Å². The third-order valence-corrected chi connectivity index (χ3v) is 3.42. The first-order valence-corrected chi connectivity index (χ1v) is 6.78. The van der Waals surface area contributed by atoms with Crippen LogP contribution in [0, 0.1) is 5.82 Å². The molecule has 0 fully saturated rings. The first-order chi connectivity index (χ1) is 9.88. The lowest BCUT2D eigenvalue weighted by Crippen LogP contribution is -2.38. The van der Waals surface area contributed by atoms with Gasteiger partial charge in [0.05, 0.1) is 6.54 Å². The molecule has 1 atom stereocenters. The number of rotatable bonds is 4. The molecule has 0 aliphatic carbocycles. The summed E-state index contributed by atoms with van der Waals surface area (Å²) in [5.41, 5.74) is -0.301. The second-order valence-corrected chi connectivity index (χ2v) is 5.41. The molecule has 21 heavy (non-hydrogen) atoms. The average molecular weight is 308 g/mol. The number of benzene rings is 2. The Kier molecular flexibility index (Phi) is 4.60. The standard InChI is InChI=1S/C16H15ClFNO2/c1-16(21,12-4-8-14(18)9-5-12)10-19-15(20)11-2-6-13(17)7-3-11/h2-9,21H,10H2,1H3,(H,19,20). The number of amides is 1. The Morgan fingerprint density at radius 1 is 1.19 bits per heavy atom. The van der Waals surface area contributed by atoms with Crippen LogP contribution in [0.2, 0.25) is 5.02 Å². The highest BCUT2D eigenvalue weighted by atomic mass is 35.5. The minimum absolute atomic E-state index is 0.0140. The molecule has 0 spiro atoms. The molecule has 0 saturated heterocycles. The second kappa shape index (κ2) is 6.24. The maximum Gasteiger partial charge on any atom is 0.251 e. The lowest BCUT2D eigenvalue weighted by atomic mass is 9.96. The van der Waals surface area contributed by atoms with Gasteiger partial charge in [-0.15, -0.1) is 0 Å². The van der Waals surface area contributed by atoms with Gasteiger partial charge in [-0.1, -0.05) is 23.7 Å². The Balaban J connectivity index is 2.02. The Morgan fingerprint density at radius 2 is 1.76 bits per heavy atom. The van der Waals surface area contributed by atoms with Gasteiger partial charge >= 0.3 is 0 Å². The molecule has 0 radical (unpaired) electrons. The van der Waals surface area contributed by atoms with Gasteiger partial charge in [-0.25, -0.2) is 4.39 Å². The Bertz CT molecular complexity index is 624. The fraction of sp³-hybridized carbons (Fsp3) is 0.188. The molecule has 2 aromatic carbocycles. The fourth-order valence-corrected chi connectivity index (χ4v) is 1.99. The van der Waals surface area contributed by atoms with Crippen molar-refractivity contribution in [1.29, 1.82) is 0 Å². The minimum Gasteiger partial charge on any atom is -0.384 e. The maximum atomic E-state index is 12.9. The van der Waals surface area contributed by atoms with E-state index in [1.54, 1.807) is 31.2 Å². The van der Waals surface area contributed by atoms with E-state index in [1.807, 2.05) is 0 Å². The van der Waals surface area contributed by atoms with Gasteiger partial charge in [-0.05, 0) is 48.9 Å². The topological polar surface area (TPSA) is 49.3 Å². The van der Waals surface area contributed by atoms with Crippen molar-refractivity contribution in [3.63, 3.8) is 0 Å². The summed E-state index contributed by atoms with van der Waals surface area (Å²) in [5, 5.41) is 13.6. The van der Waals surface area contributed by atoms with Gasteiger partial charge in [-0.3, -0.25) is 4.79 Å². The monoisotopic (exact) mass is 307 g/mol. The van der Waals surface area contributed by atoms with E-state index in [2.05, 4.69) is 5.32 Å². The van der Waals surface area contributed by atoms with Crippen LogP contribution < -0.4 is 5.32 Å². The predicted molar refractivity (Wildman–Crippen MR) is 79.8 cm³/mol. The zero-order valence-corrected chi connectivity index (χ0v) is 12.2. The van der Waals surface area contributed by atoms with Gasteiger partial charge in [0.15, 0.2) is 0 Å². The second-order valence-electron chi connectivity index (χ2n) is 4.97. The number of carbonyl (C=O) groups excluding carboxylic acids is 1. The van der Waals surface area contributed by atoms with Crippen molar-refractivity contribution in [2.24, 2.45) is 0 Å². The molecule has 0 aromatic heterocycles. The Labute approximate surface area is 127 Å². The Hall–Kier alpha value is -1.91. The maximum absolute atomic E-state index is 12.9. The lowest BCUT2D eigenvalue weighted by Gasteiger charge is -2.24. The minimum atomic E-state index is -1.28. The van der Waals surface area contributed by atoms with Gasteiger partial charge in [0.2, 0.25) is 0 Å². The van der Waals surface area contributed by atoms with Gasteiger partial charge in [0.1, 0.15) is 11.4 Å². The zero-order valence-electron chi connectivity index (χ0n) is 11.4. The SMILES string of the molecule is CC(O)(CNC(=O)c1ccc(Cl)cc1)c1ccc(F)cc1. The first kappa shape index (κ1) is 15.5. The van der Waals surface area contributed by atoms with Gasteiger partial charge in [-0.2, -0.15) is 0 Å². The van der Waals surface area contributed by atoms with Crippen LogP contribution in [0.25, 0.3) is 0 Å². The van der Waals surface area contributed by atoms with Crippen LogP contribution in [-0.2, 0) is 5.60 Å². The highest BCUT2D eigenvalue weighted by molar-refractivity contribution is 6.30. The van der Waals surface area contributed by atoms with Crippen LogP contribution in [-0.4, -0.2) is 17.6 Å². The molecule has 2 N–H and O–H groups in total. The smallest absolute Gasteiger partial charge is 0.251 e. The number of carbonyl (C=O) groups is 1. The number of nitrogens with one attached hydrogen (secondary N) is 1. The first-order valence-electron chi connectivity index (χ1n) is 6.41. The third-order valence-electron chi connectivity index (χ3n) is 3.17. The van der Waals surface area contributed by atoms with Gasteiger partial charge < -0.3 is 10.4 Å². The largest absolute Gasteiger partial charge is 0.384 e. The summed E-state index contributed by atoms with van der Waals surface area (Å²) in [6, 6.07) is 12.0. The van der Waals surface area contributed by atoms with Crippen molar-refractivity contribution >= 4 is 17.5 Å². The van der Waals surface area contributed by atoms with Crippen molar-refractivity contribution in [2.75, 3.05) is 6.54 Å². The summed E-state index contributed by atoms with van der Waals surface area (Å²) in [4.78, 5) is 12.0. The van der Waals surface area contributed by atoms with E-state index in [-0.39, 0.29) is 18.3 Å². The lowest BCUT2D eigenvalue weighted by molar-refractivity contribution is 0.0526. The molecule has 0 heterocycles. The summed E-state index contributed by atoms with van der Waals surface area (Å²) in [6.07, 6.45) is 0. The number of aliphatic hydroxyl groups is 1. The van der Waals surface area contributed by atoms with Crippen molar-refractivity contribution in [1.82, 2.24) is 5.32 Å².